The molecule has 0 fully saturated rings. The molecule has 0 saturated heterocycles. The lowest BCUT2D eigenvalue weighted by atomic mass is 10.0. The normalized spacial score (nSPS) is 12.7. The first kappa shape index (κ1) is 27.0. The lowest BCUT2D eigenvalue weighted by Crippen LogP contribution is -2.49. The van der Waals surface area contributed by atoms with Gasteiger partial charge in [-0.15, -0.1) is 10.2 Å². The van der Waals surface area contributed by atoms with Crippen LogP contribution in [0, 0.1) is 11.6 Å². The minimum absolute atomic E-state index is 0.0125. The molecule has 2 atom stereocenters. The summed E-state index contributed by atoms with van der Waals surface area (Å²) in [5, 5.41) is 28.9. The molecule has 0 spiro atoms. The predicted octanol–water partition coefficient (Wildman–Crippen LogP) is 2.45. The van der Waals surface area contributed by atoms with Crippen molar-refractivity contribution >= 4 is 5.91 Å². The quantitative estimate of drug-likeness (QED) is 0.262. The number of hydrogen-bond donors (Lipinski definition) is 3. The Morgan fingerprint density at radius 2 is 1.82 bits per heavy atom. The van der Waals surface area contributed by atoms with Gasteiger partial charge in [-0.1, -0.05) is 37.3 Å². The largest absolute Gasteiger partial charge is 0.390 e. The number of hydrogen-bond acceptors (Lipinski definition) is 7. The molecule has 0 aliphatic heterocycles. The van der Waals surface area contributed by atoms with Gasteiger partial charge in [0.1, 0.15) is 23.9 Å². The molecular weight excluding hydrogens is 492 g/mol. The number of aliphatic hydroxyl groups excluding tert-OH is 1. The fourth-order valence-electron chi connectivity index (χ4n) is 4.02. The number of carbonyl (C=O) groups is 1. The van der Waals surface area contributed by atoms with Crippen molar-refractivity contribution in [3.05, 3.63) is 95.2 Å². The van der Waals surface area contributed by atoms with Crippen molar-refractivity contribution in [1.82, 2.24) is 35.8 Å². The molecule has 38 heavy (non-hydrogen) atoms. The number of aliphatic hydroxyl groups is 1. The van der Waals surface area contributed by atoms with Crippen molar-refractivity contribution in [2.75, 3.05) is 6.54 Å². The fourth-order valence-corrected chi connectivity index (χ4v) is 4.02. The molecule has 4 rings (SSSR count). The van der Waals surface area contributed by atoms with Gasteiger partial charge in [0.15, 0.2) is 0 Å². The van der Waals surface area contributed by atoms with Gasteiger partial charge in [0.25, 0.3) is 0 Å². The van der Waals surface area contributed by atoms with Crippen LogP contribution in [0.1, 0.15) is 23.6 Å². The standard InChI is InChI=1S/C27H29F2N7O2/c1-2-18-6-5-7-19(10-18)15-30-16-25(37)24(13-20-11-21(28)14-22(29)12-20)32-26(38)17-36-34-27(33-35-36)23-8-3-4-9-31-23/h3-12,14,24-25,30,37H,2,13,15-17H2,1H3,(H,32,38). The molecule has 0 bridgehead atoms. The van der Waals surface area contributed by atoms with Gasteiger partial charge in [-0.25, -0.2) is 8.78 Å². The number of rotatable bonds is 12. The van der Waals surface area contributed by atoms with Crippen molar-refractivity contribution in [3.8, 4) is 11.5 Å². The van der Waals surface area contributed by atoms with E-state index in [1.807, 2.05) is 18.2 Å². The van der Waals surface area contributed by atoms with Gasteiger partial charge in [-0.3, -0.25) is 9.78 Å². The summed E-state index contributed by atoms with van der Waals surface area (Å²) in [5.41, 5.74) is 3.08. The highest BCUT2D eigenvalue weighted by molar-refractivity contribution is 5.76. The van der Waals surface area contributed by atoms with Crippen LogP contribution in [-0.4, -0.2) is 54.9 Å². The summed E-state index contributed by atoms with van der Waals surface area (Å²) >= 11 is 0. The first-order valence-corrected chi connectivity index (χ1v) is 12.3. The molecular formula is C27H29F2N7O2. The summed E-state index contributed by atoms with van der Waals surface area (Å²) < 4.78 is 27.6. The Hall–Kier alpha value is -4.09. The Labute approximate surface area is 218 Å². The van der Waals surface area contributed by atoms with Crippen molar-refractivity contribution in [2.24, 2.45) is 0 Å². The average molecular weight is 522 g/mol. The number of benzene rings is 2. The van der Waals surface area contributed by atoms with E-state index in [1.165, 1.54) is 17.7 Å². The van der Waals surface area contributed by atoms with E-state index in [2.05, 4.69) is 44.0 Å². The third kappa shape index (κ3) is 7.70. The molecule has 0 aliphatic rings. The number of nitrogens with one attached hydrogen (secondary N) is 2. The average Bonchev–Trinajstić information content (AvgIpc) is 3.36. The summed E-state index contributed by atoms with van der Waals surface area (Å²) in [6.45, 7) is 2.47. The fraction of sp³-hybridized carbons (Fsp3) is 0.296. The molecule has 0 saturated carbocycles. The van der Waals surface area contributed by atoms with Gasteiger partial charge in [-0.05, 0) is 59.0 Å². The highest BCUT2D eigenvalue weighted by Crippen LogP contribution is 2.13. The maximum absolute atomic E-state index is 13.8. The Balaban J connectivity index is 1.41. The number of nitrogens with zero attached hydrogens (tertiary/aromatic N) is 5. The first-order chi connectivity index (χ1) is 18.4. The summed E-state index contributed by atoms with van der Waals surface area (Å²) in [6.07, 6.45) is 1.47. The number of carbonyl (C=O) groups excluding carboxylic acids is 1. The van der Waals surface area contributed by atoms with Crippen LogP contribution < -0.4 is 10.6 Å². The molecule has 11 heteroatoms. The Bertz CT molecular complexity index is 1330. The maximum Gasteiger partial charge on any atom is 0.243 e. The lowest BCUT2D eigenvalue weighted by molar-refractivity contribution is -0.123. The van der Waals surface area contributed by atoms with Crippen molar-refractivity contribution in [2.45, 2.75) is 45.0 Å². The molecule has 2 heterocycles. The van der Waals surface area contributed by atoms with E-state index >= 15 is 0 Å². The van der Waals surface area contributed by atoms with Gasteiger partial charge in [0.2, 0.25) is 11.7 Å². The van der Waals surface area contributed by atoms with Crippen LogP contribution in [0.5, 0.6) is 0 Å². The molecule has 4 aromatic rings. The SMILES string of the molecule is CCc1cccc(CNCC(O)C(Cc2cc(F)cc(F)c2)NC(=O)Cn2nnc(-c3ccccn3)n2)c1. The second-order valence-corrected chi connectivity index (χ2v) is 8.89. The smallest absolute Gasteiger partial charge is 0.243 e. The van der Waals surface area contributed by atoms with Gasteiger partial charge in [0, 0.05) is 25.4 Å². The summed E-state index contributed by atoms with van der Waals surface area (Å²) in [7, 11) is 0. The molecule has 3 N–H and O–H groups in total. The summed E-state index contributed by atoms with van der Waals surface area (Å²) in [4.78, 5) is 18.1. The van der Waals surface area contributed by atoms with E-state index in [0.29, 0.717) is 17.8 Å². The zero-order valence-corrected chi connectivity index (χ0v) is 20.9. The van der Waals surface area contributed by atoms with E-state index in [1.54, 1.807) is 24.4 Å². The van der Waals surface area contributed by atoms with Crippen LogP contribution in [-0.2, 0) is 30.7 Å². The van der Waals surface area contributed by atoms with Crippen LogP contribution in [0.2, 0.25) is 0 Å². The van der Waals surface area contributed by atoms with Gasteiger partial charge < -0.3 is 15.7 Å². The van der Waals surface area contributed by atoms with Gasteiger partial charge >= 0.3 is 0 Å². The second kappa shape index (κ2) is 12.9. The molecule has 2 unspecified atom stereocenters. The number of aromatic nitrogens is 5. The zero-order valence-electron chi connectivity index (χ0n) is 20.9. The predicted molar refractivity (Wildman–Crippen MR) is 137 cm³/mol. The van der Waals surface area contributed by atoms with Crippen molar-refractivity contribution in [1.29, 1.82) is 0 Å². The molecule has 1 amide bonds. The van der Waals surface area contributed by atoms with E-state index in [0.717, 1.165) is 22.8 Å². The van der Waals surface area contributed by atoms with Crippen LogP contribution in [0.25, 0.3) is 11.5 Å². The number of halogens is 2. The Morgan fingerprint density at radius 3 is 2.55 bits per heavy atom. The minimum atomic E-state index is -1.05. The monoisotopic (exact) mass is 521 g/mol. The van der Waals surface area contributed by atoms with E-state index in [4.69, 9.17) is 0 Å². The Kier molecular flexibility index (Phi) is 9.17. The van der Waals surface area contributed by atoms with E-state index < -0.39 is 29.7 Å². The number of aryl methyl sites for hydroxylation is 1. The topological polar surface area (TPSA) is 118 Å². The van der Waals surface area contributed by atoms with Crippen molar-refractivity contribution in [3.63, 3.8) is 0 Å². The highest BCUT2D eigenvalue weighted by Gasteiger charge is 2.23. The summed E-state index contributed by atoms with van der Waals surface area (Å²) in [5.74, 6) is -1.70. The van der Waals surface area contributed by atoms with Crippen LogP contribution >= 0.6 is 0 Å². The molecule has 0 aliphatic carbocycles. The van der Waals surface area contributed by atoms with Gasteiger partial charge in [0.05, 0.1) is 12.1 Å². The first-order valence-electron chi connectivity index (χ1n) is 12.3. The number of amides is 1. The third-order valence-corrected chi connectivity index (χ3v) is 5.90. The molecule has 9 nitrogen and oxygen atoms in total. The molecule has 2 aromatic carbocycles. The van der Waals surface area contributed by atoms with Crippen molar-refractivity contribution < 1.29 is 18.7 Å². The van der Waals surface area contributed by atoms with Crippen LogP contribution in [0.15, 0.2) is 66.9 Å². The second-order valence-electron chi connectivity index (χ2n) is 8.89. The lowest BCUT2D eigenvalue weighted by Gasteiger charge is -2.25. The minimum Gasteiger partial charge on any atom is -0.390 e. The van der Waals surface area contributed by atoms with E-state index in [9.17, 15) is 18.7 Å². The summed E-state index contributed by atoms with van der Waals surface area (Å²) in [6, 6.07) is 15.6. The molecule has 2 aromatic heterocycles. The molecule has 198 valence electrons. The zero-order chi connectivity index (χ0) is 26.9. The van der Waals surface area contributed by atoms with Gasteiger partial charge in [-0.2, -0.15) is 4.80 Å². The Morgan fingerprint density at radius 1 is 1.03 bits per heavy atom. The molecule has 0 radical (unpaired) electrons. The maximum atomic E-state index is 13.8. The number of tetrazole rings is 1. The third-order valence-electron chi connectivity index (χ3n) is 5.90. The highest BCUT2D eigenvalue weighted by atomic mass is 19.1. The number of pyridine rings is 1. The van der Waals surface area contributed by atoms with Crippen LogP contribution in [0.4, 0.5) is 8.78 Å². The van der Waals surface area contributed by atoms with E-state index in [-0.39, 0.29) is 25.3 Å². The van der Waals surface area contributed by atoms with Crippen LogP contribution in [0.3, 0.4) is 0 Å².